The predicted molar refractivity (Wildman–Crippen MR) is 108 cm³/mol. The van der Waals surface area contributed by atoms with Crippen LogP contribution in [0, 0.1) is 0 Å². The van der Waals surface area contributed by atoms with E-state index in [1.807, 2.05) is 18.2 Å². The Balaban J connectivity index is 1.76. The summed E-state index contributed by atoms with van der Waals surface area (Å²) < 4.78 is 1.28. The van der Waals surface area contributed by atoms with Gasteiger partial charge in [-0.15, -0.1) is 0 Å². The summed E-state index contributed by atoms with van der Waals surface area (Å²) in [6.07, 6.45) is 5.84. The lowest BCUT2D eigenvalue weighted by Crippen LogP contribution is -2.41. The lowest BCUT2D eigenvalue weighted by Gasteiger charge is -2.30. The van der Waals surface area contributed by atoms with Crippen molar-refractivity contribution in [3.63, 3.8) is 0 Å². The van der Waals surface area contributed by atoms with Crippen molar-refractivity contribution in [1.82, 2.24) is 14.8 Å². The fourth-order valence-corrected chi connectivity index (χ4v) is 3.88. The summed E-state index contributed by atoms with van der Waals surface area (Å²) in [7, 11) is 3.27. The number of nitrogens with zero attached hydrogens (tertiary/aromatic N) is 2. The SMILES string of the molecule is CN(C)C(=O)Cn1cccc(C(=O)NCC2(c3ccccc3)CCCC2)c1=O. The molecule has 6 heteroatoms. The molecule has 1 heterocycles. The van der Waals surface area contributed by atoms with Gasteiger partial charge in [-0.05, 0) is 30.5 Å². The second-order valence-corrected chi connectivity index (χ2v) is 7.68. The number of likely N-dealkylation sites (N-methyl/N-ethyl adjacent to an activating group) is 1. The normalized spacial score (nSPS) is 15.2. The maximum atomic E-state index is 12.7. The molecule has 0 bridgehead atoms. The lowest BCUT2D eigenvalue weighted by atomic mass is 9.79. The fourth-order valence-electron chi connectivity index (χ4n) is 3.88. The molecule has 2 aromatic rings. The molecule has 3 rings (SSSR count). The first-order chi connectivity index (χ1) is 13.4. The third kappa shape index (κ3) is 4.16. The number of rotatable bonds is 6. The number of nitrogens with one attached hydrogen (secondary N) is 1. The van der Waals surface area contributed by atoms with Gasteiger partial charge >= 0.3 is 0 Å². The Morgan fingerprint density at radius 2 is 1.75 bits per heavy atom. The highest BCUT2D eigenvalue weighted by atomic mass is 16.2. The van der Waals surface area contributed by atoms with E-state index in [2.05, 4.69) is 17.4 Å². The van der Waals surface area contributed by atoms with Crippen LogP contribution in [0.2, 0.25) is 0 Å². The Kier molecular flexibility index (Phi) is 5.97. The van der Waals surface area contributed by atoms with Gasteiger partial charge in [0, 0.05) is 32.3 Å². The molecule has 1 aliphatic carbocycles. The minimum absolute atomic E-state index is 0.0651. The Hall–Kier alpha value is -2.89. The zero-order valence-corrected chi connectivity index (χ0v) is 16.5. The summed E-state index contributed by atoms with van der Waals surface area (Å²) >= 11 is 0. The molecule has 1 saturated carbocycles. The van der Waals surface area contributed by atoms with Gasteiger partial charge in [-0.25, -0.2) is 0 Å². The molecular weight excluding hydrogens is 354 g/mol. The molecule has 0 atom stereocenters. The average molecular weight is 381 g/mol. The van der Waals surface area contributed by atoms with E-state index in [1.54, 1.807) is 20.2 Å². The fraction of sp³-hybridized carbons (Fsp3) is 0.409. The molecule has 1 aromatic heterocycles. The largest absolute Gasteiger partial charge is 0.351 e. The number of hydrogen-bond donors (Lipinski definition) is 1. The van der Waals surface area contributed by atoms with E-state index in [0.717, 1.165) is 25.7 Å². The molecule has 1 N–H and O–H groups in total. The summed E-state index contributed by atoms with van der Waals surface area (Å²) in [6.45, 7) is 0.418. The van der Waals surface area contributed by atoms with Crippen molar-refractivity contribution in [3.05, 3.63) is 70.1 Å². The number of carbonyl (C=O) groups is 2. The monoisotopic (exact) mass is 381 g/mol. The quantitative estimate of drug-likeness (QED) is 0.834. The van der Waals surface area contributed by atoms with Crippen LogP contribution in [0.4, 0.5) is 0 Å². The molecular formula is C22H27N3O3. The Bertz CT molecular complexity index is 897. The van der Waals surface area contributed by atoms with Crippen molar-refractivity contribution in [2.24, 2.45) is 0 Å². The topological polar surface area (TPSA) is 71.4 Å². The molecule has 0 aliphatic heterocycles. The van der Waals surface area contributed by atoms with E-state index in [0.29, 0.717) is 6.54 Å². The standard InChI is InChI=1S/C22H27N3O3/c1-24(2)19(26)15-25-14-8-11-18(21(25)28)20(27)23-16-22(12-6-7-13-22)17-9-4-3-5-10-17/h3-5,8-11,14H,6-7,12-13,15-16H2,1-2H3,(H,23,27). The number of benzene rings is 1. The minimum atomic E-state index is -0.449. The predicted octanol–water partition coefficient (Wildman–Crippen LogP) is 2.18. The van der Waals surface area contributed by atoms with Gasteiger partial charge in [0.25, 0.3) is 11.5 Å². The van der Waals surface area contributed by atoms with E-state index >= 15 is 0 Å². The van der Waals surface area contributed by atoms with Gasteiger partial charge in [0.2, 0.25) is 5.91 Å². The van der Waals surface area contributed by atoms with Crippen LogP contribution in [0.25, 0.3) is 0 Å². The number of pyridine rings is 1. The zero-order chi connectivity index (χ0) is 20.1. The van der Waals surface area contributed by atoms with E-state index in [-0.39, 0.29) is 29.3 Å². The van der Waals surface area contributed by atoms with Crippen LogP contribution in [0.1, 0.15) is 41.6 Å². The first-order valence-electron chi connectivity index (χ1n) is 9.66. The smallest absolute Gasteiger partial charge is 0.263 e. The second kappa shape index (κ2) is 8.42. The molecule has 28 heavy (non-hydrogen) atoms. The number of hydrogen-bond acceptors (Lipinski definition) is 3. The number of carbonyl (C=O) groups excluding carboxylic acids is 2. The third-order valence-corrected chi connectivity index (χ3v) is 5.60. The molecule has 0 unspecified atom stereocenters. The molecule has 1 aromatic carbocycles. The first-order valence-corrected chi connectivity index (χ1v) is 9.66. The van der Waals surface area contributed by atoms with Crippen LogP contribution < -0.4 is 10.9 Å². The van der Waals surface area contributed by atoms with Crippen molar-refractivity contribution in [2.75, 3.05) is 20.6 Å². The Morgan fingerprint density at radius 3 is 2.39 bits per heavy atom. The van der Waals surface area contributed by atoms with Gasteiger partial charge in [-0.2, -0.15) is 0 Å². The summed E-state index contributed by atoms with van der Waals surface area (Å²) in [4.78, 5) is 38.7. The zero-order valence-electron chi connectivity index (χ0n) is 16.5. The van der Waals surface area contributed by atoms with Gasteiger partial charge in [-0.1, -0.05) is 43.2 Å². The van der Waals surface area contributed by atoms with Crippen molar-refractivity contribution >= 4 is 11.8 Å². The first kappa shape index (κ1) is 19.9. The van der Waals surface area contributed by atoms with Crippen LogP contribution in [0.5, 0.6) is 0 Å². The maximum absolute atomic E-state index is 12.7. The highest BCUT2D eigenvalue weighted by Crippen LogP contribution is 2.40. The van der Waals surface area contributed by atoms with E-state index < -0.39 is 5.56 Å². The maximum Gasteiger partial charge on any atom is 0.263 e. The number of aromatic nitrogens is 1. The molecule has 6 nitrogen and oxygen atoms in total. The third-order valence-electron chi connectivity index (χ3n) is 5.60. The molecule has 0 spiro atoms. The van der Waals surface area contributed by atoms with Crippen LogP contribution in [0.3, 0.4) is 0 Å². The highest BCUT2D eigenvalue weighted by molar-refractivity contribution is 5.93. The minimum Gasteiger partial charge on any atom is -0.351 e. The molecule has 0 saturated heterocycles. The highest BCUT2D eigenvalue weighted by Gasteiger charge is 2.36. The Morgan fingerprint density at radius 1 is 1.07 bits per heavy atom. The lowest BCUT2D eigenvalue weighted by molar-refractivity contribution is -0.129. The molecule has 1 fully saturated rings. The van der Waals surface area contributed by atoms with Crippen LogP contribution >= 0.6 is 0 Å². The molecule has 148 valence electrons. The van der Waals surface area contributed by atoms with Gasteiger partial charge < -0.3 is 14.8 Å². The average Bonchev–Trinajstić information content (AvgIpc) is 3.18. The van der Waals surface area contributed by atoms with Crippen LogP contribution in [0.15, 0.2) is 53.5 Å². The van der Waals surface area contributed by atoms with Gasteiger partial charge in [0.05, 0.1) is 0 Å². The number of amides is 2. The van der Waals surface area contributed by atoms with E-state index in [4.69, 9.17) is 0 Å². The van der Waals surface area contributed by atoms with E-state index in [1.165, 1.54) is 27.3 Å². The second-order valence-electron chi connectivity index (χ2n) is 7.68. The summed E-state index contributed by atoms with van der Waals surface area (Å²) in [6, 6.07) is 13.4. The van der Waals surface area contributed by atoms with E-state index in [9.17, 15) is 14.4 Å². The molecule has 1 aliphatic rings. The van der Waals surface area contributed by atoms with Crippen molar-refractivity contribution in [2.45, 2.75) is 37.6 Å². The summed E-state index contributed by atoms with van der Waals surface area (Å²) in [5, 5.41) is 2.98. The van der Waals surface area contributed by atoms with Crippen LogP contribution in [-0.2, 0) is 16.8 Å². The summed E-state index contributed by atoms with van der Waals surface area (Å²) in [5.41, 5.74) is 0.770. The molecule has 0 radical (unpaired) electrons. The van der Waals surface area contributed by atoms with Crippen molar-refractivity contribution in [3.8, 4) is 0 Å². The van der Waals surface area contributed by atoms with Crippen molar-refractivity contribution < 1.29 is 9.59 Å². The summed E-state index contributed by atoms with van der Waals surface area (Å²) in [5.74, 6) is -0.590. The van der Waals surface area contributed by atoms with Crippen molar-refractivity contribution in [1.29, 1.82) is 0 Å². The van der Waals surface area contributed by atoms with Gasteiger partial charge in [-0.3, -0.25) is 14.4 Å². The molecule has 2 amide bonds. The van der Waals surface area contributed by atoms with Crippen LogP contribution in [-0.4, -0.2) is 41.9 Å². The Labute approximate surface area is 165 Å². The van der Waals surface area contributed by atoms with Gasteiger partial charge in [0.1, 0.15) is 12.1 Å². The van der Waals surface area contributed by atoms with Gasteiger partial charge in [0.15, 0.2) is 0 Å².